The highest BCUT2D eigenvalue weighted by atomic mass is 35.5. The second-order valence-electron chi connectivity index (χ2n) is 5.71. The van der Waals surface area contributed by atoms with Crippen molar-refractivity contribution < 1.29 is 9.53 Å². The molecule has 1 aromatic heterocycles. The zero-order valence-corrected chi connectivity index (χ0v) is 16.5. The minimum Gasteiger partial charge on any atom is -0.495 e. The smallest absolute Gasteiger partial charge is 0.221 e. The fraction of sp³-hybridized carbons (Fsp3) is 0.111. The number of azo groups is 1. The van der Waals surface area contributed by atoms with Gasteiger partial charge in [-0.15, -0.1) is 15.3 Å². The molecule has 0 aliphatic rings. The number of ether oxygens (including phenoxy) is 1. The minimum absolute atomic E-state index is 0.259. The van der Waals surface area contributed by atoms with E-state index in [-0.39, 0.29) is 5.91 Å². The molecule has 0 bridgehead atoms. The second kappa shape index (κ2) is 8.28. The Labute approximate surface area is 170 Å². The fourth-order valence-corrected chi connectivity index (χ4v) is 2.67. The number of hydrogen-bond donors (Lipinski definition) is 2. The molecular formula is C18H16Cl2N6O2. The van der Waals surface area contributed by atoms with Crippen LogP contribution in [0.1, 0.15) is 6.92 Å². The lowest BCUT2D eigenvalue weighted by atomic mass is 10.2. The van der Waals surface area contributed by atoms with Crippen molar-refractivity contribution in [2.24, 2.45) is 10.2 Å². The van der Waals surface area contributed by atoms with Crippen LogP contribution in [0.3, 0.4) is 0 Å². The first-order valence-electron chi connectivity index (χ1n) is 8.05. The molecule has 0 fully saturated rings. The van der Waals surface area contributed by atoms with Crippen molar-refractivity contribution >= 4 is 52.0 Å². The van der Waals surface area contributed by atoms with Gasteiger partial charge in [-0.25, -0.2) is 4.68 Å². The lowest BCUT2D eigenvalue weighted by molar-refractivity contribution is -0.114. The summed E-state index contributed by atoms with van der Waals surface area (Å²) in [4.78, 5) is 11.4. The molecule has 3 aromatic rings. The Morgan fingerprint density at radius 3 is 2.64 bits per heavy atom. The van der Waals surface area contributed by atoms with Gasteiger partial charge >= 0.3 is 0 Å². The van der Waals surface area contributed by atoms with Gasteiger partial charge in [0.15, 0.2) is 5.82 Å². The number of rotatable bonds is 5. The molecule has 0 unspecified atom stereocenters. The number of amides is 1. The van der Waals surface area contributed by atoms with Crippen LogP contribution in [0, 0.1) is 0 Å². The van der Waals surface area contributed by atoms with Gasteiger partial charge in [0.25, 0.3) is 0 Å². The van der Waals surface area contributed by atoms with E-state index in [1.165, 1.54) is 14.0 Å². The predicted molar refractivity (Wildman–Crippen MR) is 109 cm³/mol. The van der Waals surface area contributed by atoms with Gasteiger partial charge in [-0.2, -0.15) is 0 Å². The first-order valence-corrected chi connectivity index (χ1v) is 8.81. The summed E-state index contributed by atoms with van der Waals surface area (Å²) in [6.45, 7) is 1.39. The monoisotopic (exact) mass is 418 g/mol. The third-order valence-corrected chi connectivity index (χ3v) is 4.40. The molecule has 0 saturated heterocycles. The molecule has 144 valence electrons. The Morgan fingerprint density at radius 1 is 1.18 bits per heavy atom. The number of benzene rings is 2. The number of nitrogen functional groups attached to an aromatic ring is 1. The van der Waals surface area contributed by atoms with E-state index < -0.39 is 0 Å². The quantitative estimate of drug-likeness (QED) is 0.441. The zero-order chi connectivity index (χ0) is 20.3. The van der Waals surface area contributed by atoms with Gasteiger partial charge in [0.05, 0.1) is 34.2 Å². The highest BCUT2D eigenvalue weighted by Crippen LogP contribution is 2.36. The van der Waals surface area contributed by atoms with Crippen LogP contribution < -0.4 is 15.8 Å². The van der Waals surface area contributed by atoms with E-state index in [1.807, 2.05) is 0 Å². The van der Waals surface area contributed by atoms with Crippen LogP contribution in [0.4, 0.5) is 22.9 Å². The molecule has 8 nitrogen and oxygen atoms in total. The van der Waals surface area contributed by atoms with E-state index in [4.69, 9.17) is 33.7 Å². The molecule has 2 aromatic carbocycles. The van der Waals surface area contributed by atoms with Gasteiger partial charge in [-0.3, -0.25) is 4.79 Å². The predicted octanol–water partition coefficient (Wildman–Crippen LogP) is 5.14. The van der Waals surface area contributed by atoms with Crippen LogP contribution in [0.25, 0.3) is 5.69 Å². The van der Waals surface area contributed by atoms with Gasteiger partial charge in [0.2, 0.25) is 5.91 Å². The summed E-state index contributed by atoms with van der Waals surface area (Å²) in [5, 5.41) is 16.2. The zero-order valence-electron chi connectivity index (χ0n) is 15.0. The van der Waals surface area contributed by atoms with E-state index in [1.54, 1.807) is 47.3 Å². The van der Waals surface area contributed by atoms with Gasteiger partial charge in [0, 0.05) is 25.3 Å². The number of carbonyl (C=O) groups excluding carboxylic acids is 1. The molecule has 0 saturated carbocycles. The van der Waals surface area contributed by atoms with Gasteiger partial charge in [-0.05, 0) is 24.3 Å². The van der Waals surface area contributed by atoms with Crippen LogP contribution >= 0.6 is 23.2 Å². The highest BCUT2D eigenvalue weighted by Gasteiger charge is 2.10. The third-order valence-electron chi connectivity index (χ3n) is 3.66. The maximum absolute atomic E-state index is 11.4. The average Bonchev–Trinajstić information content (AvgIpc) is 3.12. The lowest BCUT2D eigenvalue weighted by Crippen LogP contribution is -2.06. The van der Waals surface area contributed by atoms with Crippen molar-refractivity contribution in [1.29, 1.82) is 0 Å². The Kier molecular flexibility index (Phi) is 5.81. The summed E-state index contributed by atoms with van der Waals surface area (Å²) in [5.41, 5.74) is 7.78. The van der Waals surface area contributed by atoms with E-state index in [2.05, 4.69) is 20.6 Å². The standard InChI is InChI=1S/C18H16Cl2N6O2/c1-10(27)22-15-8-14(21)17(28-2)9-16(15)23-24-18-5-6-26(25-18)11-3-4-12(19)13(20)7-11/h3-9H,21H2,1-2H3,(H,22,27)/b24-23+. The molecule has 3 N–H and O–H groups in total. The van der Waals surface area contributed by atoms with Crippen LogP contribution in [0.2, 0.25) is 10.0 Å². The number of carbonyl (C=O) groups is 1. The Bertz CT molecular complexity index is 1060. The average molecular weight is 419 g/mol. The summed E-state index contributed by atoms with van der Waals surface area (Å²) >= 11 is 12.0. The van der Waals surface area contributed by atoms with Crippen LogP contribution in [-0.4, -0.2) is 22.8 Å². The van der Waals surface area contributed by atoms with Gasteiger partial charge < -0.3 is 15.8 Å². The van der Waals surface area contributed by atoms with Crippen LogP contribution in [0.5, 0.6) is 5.75 Å². The van der Waals surface area contributed by atoms with Crippen molar-refractivity contribution in [1.82, 2.24) is 9.78 Å². The van der Waals surface area contributed by atoms with Gasteiger partial charge in [0.1, 0.15) is 11.4 Å². The van der Waals surface area contributed by atoms with Gasteiger partial charge in [-0.1, -0.05) is 23.2 Å². The molecular weight excluding hydrogens is 403 g/mol. The highest BCUT2D eigenvalue weighted by molar-refractivity contribution is 6.42. The molecule has 10 heteroatoms. The fourth-order valence-electron chi connectivity index (χ4n) is 2.38. The normalized spacial score (nSPS) is 11.0. The van der Waals surface area contributed by atoms with Crippen molar-refractivity contribution in [2.45, 2.75) is 6.92 Å². The molecule has 0 spiro atoms. The third kappa shape index (κ3) is 4.41. The number of nitrogens with zero attached hydrogens (tertiary/aromatic N) is 4. The van der Waals surface area contributed by atoms with Crippen molar-refractivity contribution in [3.05, 3.63) is 52.6 Å². The van der Waals surface area contributed by atoms with Crippen molar-refractivity contribution in [2.75, 3.05) is 18.2 Å². The SMILES string of the molecule is COc1cc(/N=N/c2ccn(-c3ccc(Cl)c(Cl)c3)n2)c(NC(C)=O)cc1N. The molecule has 0 aliphatic carbocycles. The summed E-state index contributed by atoms with van der Waals surface area (Å²) in [6.07, 6.45) is 1.71. The minimum atomic E-state index is -0.259. The Morgan fingerprint density at radius 2 is 1.96 bits per heavy atom. The number of nitrogens with one attached hydrogen (secondary N) is 1. The number of aromatic nitrogens is 2. The van der Waals surface area contributed by atoms with E-state index >= 15 is 0 Å². The number of anilines is 2. The lowest BCUT2D eigenvalue weighted by Gasteiger charge is -2.10. The maximum Gasteiger partial charge on any atom is 0.221 e. The summed E-state index contributed by atoms with van der Waals surface area (Å²) < 4.78 is 6.79. The number of halogens is 2. The number of nitrogens with two attached hydrogens (primary N) is 1. The number of hydrogen-bond acceptors (Lipinski definition) is 6. The topological polar surface area (TPSA) is 107 Å². The van der Waals surface area contributed by atoms with Crippen molar-refractivity contribution in [3.63, 3.8) is 0 Å². The van der Waals surface area contributed by atoms with Crippen LogP contribution in [0.15, 0.2) is 52.8 Å². The molecule has 0 aliphatic heterocycles. The molecule has 1 amide bonds. The van der Waals surface area contributed by atoms with E-state index in [9.17, 15) is 4.79 Å². The molecule has 28 heavy (non-hydrogen) atoms. The van der Waals surface area contributed by atoms with Crippen molar-refractivity contribution in [3.8, 4) is 11.4 Å². The molecule has 3 rings (SSSR count). The molecule has 0 atom stereocenters. The summed E-state index contributed by atoms with van der Waals surface area (Å²) in [6, 6.07) is 9.98. The van der Waals surface area contributed by atoms with E-state index in [0.717, 1.165) is 5.69 Å². The first kappa shape index (κ1) is 19.7. The Hall–Kier alpha value is -3.10. The summed E-state index contributed by atoms with van der Waals surface area (Å²) in [7, 11) is 1.49. The van der Waals surface area contributed by atoms with E-state index in [0.29, 0.717) is 38.7 Å². The number of methoxy groups -OCH3 is 1. The Balaban J connectivity index is 1.90. The maximum atomic E-state index is 11.4. The summed E-state index contributed by atoms with van der Waals surface area (Å²) in [5.74, 6) is 0.518. The van der Waals surface area contributed by atoms with Crippen LogP contribution in [-0.2, 0) is 4.79 Å². The first-order chi connectivity index (χ1) is 13.4. The molecule has 1 heterocycles. The molecule has 0 radical (unpaired) electrons. The second-order valence-corrected chi connectivity index (χ2v) is 6.52. The largest absolute Gasteiger partial charge is 0.495 e.